The third kappa shape index (κ3) is 5.80. The molecule has 2 N–H and O–H groups in total. The summed E-state index contributed by atoms with van der Waals surface area (Å²) in [6.07, 6.45) is 2.24. The molecule has 0 aliphatic heterocycles. The molecule has 0 bridgehead atoms. The van der Waals surface area contributed by atoms with Gasteiger partial charge in [-0.1, -0.05) is 65.7 Å². The monoisotopic (exact) mass is 474 g/mol. The van der Waals surface area contributed by atoms with Crippen LogP contribution in [0.3, 0.4) is 0 Å². The highest BCUT2D eigenvalue weighted by molar-refractivity contribution is 6.34. The fraction of sp³-hybridized carbons (Fsp3) is 0.0370. The van der Waals surface area contributed by atoms with Crippen molar-refractivity contribution in [1.29, 1.82) is 0 Å². The number of aliphatic imine (C=N–C) groups is 1. The molecule has 6 heteroatoms. The molecule has 33 heavy (non-hydrogen) atoms. The summed E-state index contributed by atoms with van der Waals surface area (Å²) >= 11 is 12.4. The van der Waals surface area contributed by atoms with Crippen LogP contribution in [0.25, 0.3) is 0 Å². The second kappa shape index (κ2) is 10.3. The third-order valence-corrected chi connectivity index (χ3v) is 5.72. The topological polar surface area (TPSA) is 61.7 Å². The Morgan fingerprint density at radius 2 is 1.64 bits per heavy atom. The largest absolute Gasteiger partial charge is 0.507 e. The number of aromatic hydroxyl groups is 1. The lowest BCUT2D eigenvalue weighted by Gasteiger charge is -2.08. The average Bonchev–Trinajstić information content (AvgIpc) is 2.81. The summed E-state index contributed by atoms with van der Waals surface area (Å²) in [6.45, 7) is 0. The Balaban J connectivity index is 1.51. The van der Waals surface area contributed by atoms with Gasteiger partial charge in [-0.2, -0.15) is 0 Å². The fourth-order valence-corrected chi connectivity index (χ4v) is 3.75. The molecule has 4 aromatic carbocycles. The Hall–Kier alpha value is -3.60. The van der Waals surface area contributed by atoms with Gasteiger partial charge in [0, 0.05) is 22.5 Å². The number of hydrogen-bond acceptors (Lipinski definition) is 3. The summed E-state index contributed by atoms with van der Waals surface area (Å²) in [6, 6.07) is 27.1. The summed E-state index contributed by atoms with van der Waals surface area (Å²) in [5.74, 6) is -0.170. The van der Waals surface area contributed by atoms with E-state index in [0.717, 1.165) is 11.1 Å². The molecule has 0 radical (unpaired) electrons. The van der Waals surface area contributed by atoms with E-state index in [9.17, 15) is 9.90 Å². The van der Waals surface area contributed by atoms with Crippen LogP contribution in [-0.2, 0) is 6.42 Å². The van der Waals surface area contributed by atoms with Crippen LogP contribution in [0.4, 0.5) is 11.4 Å². The second-order valence-corrected chi connectivity index (χ2v) is 8.22. The van der Waals surface area contributed by atoms with E-state index in [2.05, 4.69) is 10.3 Å². The Morgan fingerprint density at radius 3 is 2.42 bits per heavy atom. The highest BCUT2D eigenvalue weighted by atomic mass is 35.5. The molecule has 0 fully saturated rings. The van der Waals surface area contributed by atoms with E-state index in [-0.39, 0.29) is 11.7 Å². The number of nitrogens with zero attached hydrogens (tertiary/aromatic N) is 1. The van der Waals surface area contributed by atoms with Crippen molar-refractivity contribution >= 4 is 46.7 Å². The Morgan fingerprint density at radius 1 is 0.879 bits per heavy atom. The molecule has 4 rings (SSSR count). The maximum Gasteiger partial charge on any atom is 0.257 e. The number of carbonyl (C=O) groups excluding carboxylic acids is 1. The van der Waals surface area contributed by atoms with E-state index >= 15 is 0 Å². The lowest BCUT2D eigenvalue weighted by atomic mass is 10.0. The van der Waals surface area contributed by atoms with Crippen molar-refractivity contribution < 1.29 is 9.90 Å². The number of benzene rings is 4. The number of anilines is 1. The minimum absolute atomic E-state index is 0.129. The third-order valence-electron chi connectivity index (χ3n) is 5.02. The van der Waals surface area contributed by atoms with Crippen molar-refractivity contribution in [3.05, 3.63) is 123 Å². The molecule has 0 saturated carbocycles. The van der Waals surface area contributed by atoms with Gasteiger partial charge in [-0.15, -0.1) is 0 Å². The molecule has 0 spiro atoms. The van der Waals surface area contributed by atoms with Crippen LogP contribution in [0, 0.1) is 0 Å². The van der Waals surface area contributed by atoms with Crippen molar-refractivity contribution in [2.24, 2.45) is 4.99 Å². The Labute approximate surface area is 202 Å². The molecule has 164 valence electrons. The van der Waals surface area contributed by atoms with Gasteiger partial charge in [0.2, 0.25) is 0 Å². The van der Waals surface area contributed by atoms with Crippen molar-refractivity contribution in [2.45, 2.75) is 6.42 Å². The number of hydrogen-bond donors (Lipinski definition) is 2. The van der Waals surface area contributed by atoms with Crippen molar-refractivity contribution in [3.63, 3.8) is 0 Å². The van der Waals surface area contributed by atoms with E-state index in [1.54, 1.807) is 54.7 Å². The summed E-state index contributed by atoms with van der Waals surface area (Å²) in [7, 11) is 0. The van der Waals surface area contributed by atoms with Gasteiger partial charge in [-0.25, -0.2) is 0 Å². The summed E-state index contributed by atoms with van der Waals surface area (Å²) in [5, 5.41) is 14.2. The van der Waals surface area contributed by atoms with E-state index in [1.165, 1.54) is 0 Å². The molecular formula is C27H20Cl2N2O2. The van der Waals surface area contributed by atoms with E-state index < -0.39 is 0 Å². The van der Waals surface area contributed by atoms with Gasteiger partial charge >= 0.3 is 0 Å². The predicted molar refractivity (Wildman–Crippen MR) is 135 cm³/mol. The highest BCUT2D eigenvalue weighted by Crippen LogP contribution is 2.24. The van der Waals surface area contributed by atoms with Crippen LogP contribution < -0.4 is 5.32 Å². The summed E-state index contributed by atoms with van der Waals surface area (Å²) in [5.41, 5.74) is 4.21. The van der Waals surface area contributed by atoms with Crippen LogP contribution in [0.15, 0.2) is 96.0 Å². The SMILES string of the molecule is O=C(Nc1cccc(N=Cc2cc(Cc3ccccc3Cl)ccc2O)c1)c1ccccc1Cl. The molecule has 0 aliphatic rings. The molecule has 1 amide bonds. The first-order valence-electron chi connectivity index (χ1n) is 10.2. The highest BCUT2D eigenvalue weighted by Gasteiger charge is 2.10. The lowest BCUT2D eigenvalue weighted by molar-refractivity contribution is 0.102. The van der Waals surface area contributed by atoms with Gasteiger partial charge in [0.15, 0.2) is 0 Å². The van der Waals surface area contributed by atoms with Gasteiger partial charge in [0.05, 0.1) is 16.3 Å². The van der Waals surface area contributed by atoms with Gasteiger partial charge in [-0.05, 0) is 66.1 Å². The molecule has 4 aromatic rings. The van der Waals surface area contributed by atoms with Gasteiger partial charge in [-0.3, -0.25) is 9.79 Å². The Kier molecular flexibility index (Phi) is 7.08. The van der Waals surface area contributed by atoms with Crippen LogP contribution in [0.2, 0.25) is 10.0 Å². The first-order valence-corrected chi connectivity index (χ1v) is 11.0. The first kappa shape index (κ1) is 22.6. The number of carbonyl (C=O) groups is 1. The number of rotatable bonds is 6. The zero-order valence-corrected chi connectivity index (χ0v) is 19.0. The zero-order chi connectivity index (χ0) is 23.2. The fourth-order valence-electron chi connectivity index (χ4n) is 3.33. The second-order valence-electron chi connectivity index (χ2n) is 7.40. The zero-order valence-electron chi connectivity index (χ0n) is 17.5. The maximum absolute atomic E-state index is 12.5. The molecule has 0 saturated heterocycles. The molecule has 0 aliphatic carbocycles. The van der Waals surface area contributed by atoms with Crippen LogP contribution in [-0.4, -0.2) is 17.2 Å². The number of halogens is 2. The van der Waals surface area contributed by atoms with Crippen molar-refractivity contribution in [2.75, 3.05) is 5.32 Å². The number of amides is 1. The molecule has 0 atom stereocenters. The summed E-state index contributed by atoms with van der Waals surface area (Å²) < 4.78 is 0. The van der Waals surface area contributed by atoms with Gasteiger partial charge < -0.3 is 10.4 Å². The van der Waals surface area contributed by atoms with Gasteiger partial charge in [0.1, 0.15) is 5.75 Å². The first-order chi connectivity index (χ1) is 16.0. The number of phenolic OH excluding ortho intramolecular Hbond substituents is 1. The molecule has 0 aromatic heterocycles. The molecule has 4 nitrogen and oxygen atoms in total. The lowest BCUT2D eigenvalue weighted by Crippen LogP contribution is -2.12. The maximum atomic E-state index is 12.5. The van der Waals surface area contributed by atoms with E-state index in [1.807, 2.05) is 42.5 Å². The Bertz CT molecular complexity index is 1340. The predicted octanol–water partition coefficient (Wildman–Crippen LogP) is 7.29. The van der Waals surface area contributed by atoms with Crippen LogP contribution in [0.5, 0.6) is 5.75 Å². The standard InChI is InChI=1S/C27H20Cl2N2O2/c28-24-10-3-1-6-19(24)14-18-12-13-26(32)20(15-18)17-30-21-7-5-8-22(16-21)31-27(33)23-9-2-4-11-25(23)29/h1-13,15-17,32H,14H2,(H,31,33). The van der Waals surface area contributed by atoms with Crippen molar-refractivity contribution in [1.82, 2.24) is 0 Å². The van der Waals surface area contributed by atoms with E-state index in [4.69, 9.17) is 23.2 Å². The smallest absolute Gasteiger partial charge is 0.257 e. The van der Waals surface area contributed by atoms with E-state index in [0.29, 0.717) is 39.0 Å². The summed E-state index contributed by atoms with van der Waals surface area (Å²) in [4.78, 5) is 17.0. The van der Waals surface area contributed by atoms with Crippen LogP contribution >= 0.6 is 23.2 Å². The van der Waals surface area contributed by atoms with Crippen molar-refractivity contribution in [3.8, 4) is 5.75 Å². The minimum atomic E-state index is -0.299. The average molecular weight is 475 g/mol. The van der Waals surface area contributed by atoms with Gasteiger partial charge in [0.25, 0.3) is 5.91 Å². The quantitative estimate of drug-likeness (QED) is 0.288. The number of phenols is 1. The normalized spacial score (nSPS) is 11.0. The molecular weight excluding hydrogens is 455 g/mol. The molecule has 0 unspecified atom stereocenters. The minimum Gasteiger partial charge on any atom is -0.507 e. The number of nitrogens with one attached hydrogen (secondary N) is 1. The van der Waals surface area contributed by atoms with Crippen LogP contribution in [0.1, 0.15) is 27.0 Å². The molecule has 0 heterocycles.